The molecule has 1 N–H and O–H groups in total. The van der Waals surface area contributed by atoms with Crippen molar-refractivity contribution in [3.05, 3.63) is 30.1 Å². The van der Waals surface area contributed by atoms with Crippen molar-refractivity contribution in [3.63, 3.8) is 0 Å². The van der Waals surface area contributed by atoms with Gasteiger partial charge in [-0.1, -0.05) is 28.8 Å². The maximum Gasteiger partial charge on any atom is 0.240 e. The largest absolute Gasteiger partial charge is 0.240 e. The molecule has 0 heterocycles. The van der Waals surface area contributed by atoms with Crippen LogP contribution >= 0.6 is 15.9 Å². The molecule has 0 saturated heterocycles. The summed E-state index contributed by atoms with van der Waals surface area (Å²) in [6.45, 7) is 0.419. The molecular formula is C12H17BrFNO2S. The zero-order valence-corrected chi connectivity index (χ0v) is 12.4. The maximum atomic E-state index is 12.7. The van der Waals surface area contributed by atoms with Crippen LogP contribution in [-0.4, -0.2) is 20.3 Å². The van der Waals surface area contributed by atoms with E-state index in [1.807, 2.05) is 0 Å². The fourth-order valence-electron chi connectivity index (χ4n) is 1.48. The lowest BCUT2D eigenvalue weighted by atomic mass is 10.2. The molecule has 0 unspecified atom stereocenters. The summed E-state index contributed by atoms with van der Waals surface area (Å²) in [7, 11) is -3.50. The fraction of sp³-hybridized carbons (Fsp3) is 0.500. The van der Waals surface area contributed by atoms with Gasteiger partial charge in [0, 0.05) is 11.9 Å². The smallest absolute Gasteiger partial charge is 0.211 e. The van der Waals surface area contributed by atoms with E-state index in [4.69, 9.17) is 0 Å². The SMILES string of the molecule is O=S(=O)(NCCCCCCBr)c1ccc(F)cc1. The average molecular weight is 338 g/mol. The Morgan fingerprint density at radius 2 is 1.67 bits per heavy atom. The minimum Gasteiger partial charge on any atom is -0.211 e. The van der Waals surface area contributed by atoms with Crippen LogP contribution in [-0.2, 0) is 10.0 Å². The van der Waals surface area contributed by atoms with E-state index in [2.05, 4.69) is 20.7 Å². The number of alkyl halides is 1. The number of halogens is 2. The van der Waals surface area contributed by atoms with Crippen LogP contribution in [0.1, 0.15) is 25.7 Å². The molecule has 0 saturated carbocycles. The molecule has 0 aliphatic heterocycles. The van der Waals surface area contributed by atoms with Crippen molar-refractivity contribution < 1.29 is 12.8 Å². The van der Waals surface area contributed by atoms with Crippen LogP contribution in [0.25, 0.3) is 0 Å². The van der Waals surface area contributed by atoms with Crippen molar-refractivity contribution in [2.24, 2.45) is 0 Å². The Balaban J connectivity index is 2.38. The van der Waals surface area contributed by atoms with Crippen LogP contribution in [0, 0.1) is 5.82 Å². The highest BCUT2D eigenvalue weighted by molar-refractivity contribution is 9.09. The first-order chi connectivity index (χ1) is 8.56. The van der Waals surface area contributed by atoms with Crippen LogP contribution in [0.3, 0.4) is 0 Å². The topological polar surface area (TPSA) is 46.2 Å². The minimum atomic E-state index is -3.50. The summed E-state index contributed by atoms with van der Waals surface area (Å²) in [4.78, 5) is 0.101. The second kappa shape index (κ2) is 7.86. The van der Waals surface area contributed by atoms with Crippen molar-refractivity contribution in [2.45, 2.75) is 30.6 Å². The molecule has 0 fully saturated rings. The van der Waals surface area contributed by atoms with Crippen molar-refractivity contribution in [1.29, 1.82) is 0 Å². The fourth-order valence-corrected chi connectivity index (χ4v) is 2.95. The number of hydrogen-bond acceptors (Lipinski definition) is 2. The van der Waals surface area contributed by atoms with Crippen molar-refractivity contribution in [3.8, 4) is 0 Å². The maximum absolute atomic E-state index is 12.7. The molecular weight excluding hydrogens is 321 g/mol. The van der Waals surface area contributed by atoms with E-state index in [9.17, 15) is 12.8 Å². The van der Waals surface area contributed by atoms with Gasteiger partial charge in [0.15, 0.2) is 0 Å². The Kier molecular flexibility index (Phi) is 6.81. The first-order valence-corrected chi connectivity index (χ1v) is 8.48. The molecule has 1 rings (SSSR count). The highest BCUT2D eigenvalue weighted by Crippen LogP contribution is 2.09. The Morgan fingerprint density at radius 3 is 2.28 bits per heavy atom. The Labute approximate surface area is 116 Å². The first kappa shape index (κ1) is 15.6. The molecule has 0 spiro atoms. The molecule has 0 radical (unpaired) electrons. The highest BCUT2D eigenvalue weighted by atomic mass is 79.9. The normalized spacial score (nSPS) is 11.7. The second-order valence-electron chi connectivity index (χ2n) is 3.95. The summed E-state index contributed by atoms with van der Waals surface area (Å²) in [5, 5.41) is 0.980. The third-order valence-corrected chi connectivity index (χ3v) is 4.51. The van der Waals surface area contributed by atoms with Gasteiger partial charge in [0.05, 0.1) is 4.90 Å². The number of unbranched alkanes of at least 4 members (excludes halogenated alkanes) is 3. The number of rotatable bonds is 8. The zero-order valence-electron chi connectivity index (χ0n) is 10.0. The van der Waals surface area contributed by atoms with Gasteiger partial charge in [0.25, 0.3) is 0 Å². The third kappa shape index (κ3) is 5.46. The summed E-state index contributed by atoms with van der Waals surface area (Å²) in [5.74, 6) is -0.441. The molecule has 102 valence electrons. The molecule has 0 bridgehead atoms. The molecule has 3 nitrogen and oxygen atoms in total. The van der Waals surface area contributed by atoms with Crippen molar-refractivity contribution >= 4 is 26.0 Å². The first-order valence-electron chi connectivity index (χ1n) is 5.87. The monoisotopic (exact) mass is 337 g/mol. The van der Waals surface area contributed by atoms with Gasteiger partial charge in [-0.25, -0.2) is 17.5 Å². The van der Waals surface area contributed by atoms with Gasteiger partial charge in [0.2, 0.25) is 10.0 Å². The summed E-state index contributed by atoms with van der Waals surface area (Å²) in [6.07, 6.45) is 4.00. The lowest BCUT2D eigenvalue weighted by Gasteiger charge is -2.06. The number of benzene rings is 1. The van der Waals surface area contributed by atoms with E-state index >= 15 is 0 Å². The van der Waals surface area contributed by atoms with E-state index < -0.39 is 15.8 Å². The minimum absolute atomic E-state index is 0.101. The van der Waals surface area contributed by atoms with E-state index in [0.717, 1.165) is 43.1 Å². The molecule has 0 amide bonds. The van der Waals surface area contributed by atoms with E-state index in [0.29, 0.717) is 6.54 Å². The molecule has 6 heteroatoms. The van der Waals surface area contributed by atoms with Crippen LogP contribution in [0.5, 0.6) is 0 Å². The Bertz CT molecular complexity index is 448. The van der Waals surface area contributed by atoms with Gasteiger partial charge >= 0.3 is 0 Å². The molecule has 1 aromatic rings. The number of sulfonamides is 1. The highest BCUT2D eigenvalue weighted by Gasteiger charge is 2.12. The third-order valence-electron chi connectivity index (χ3n) is 2.48. The Morgan fingerprint density at radius 1 is 1.06 bits per heavy atom. The van der Waals surface area contributed by atoms with Gasteiger partial charge < -0.3 is 0 Å². The van der Waals surface area contributed by atoms with Gasteiger partial charge in [-0.3, -0.25) is 0 Å². The second-order valence-corrected chi connectivity index (χ2v) is 6.51. The van der Waals surface area contributed by atoms with Gasteiger partial charge in [-0.2, -0.15) is 0 Å². The van der Waals surface area contributed by atoms with Gasteiger partial charge in [-0.05, 0) is 37.1 Å². The van der Waals surface area contributed by atoms with Crippen molar-refractivity contribution in [2.75, 3.05) is 11.9 Å². The van der Waals surface area contributed by atoms with Gasteiger partial charge in [-0.15, -0.1) is 0 Å². The summed E-state index contributed by atoms with van der Waals surface area (Å²) >= 11 is 3.34. The molecule has 18 heavy (non-hydrogen) atoms. The predicted molar refractivity (Wildman–Crippen MR) is 73.9 cm³/mol. The van der Waals surface area contributed by atoms with Crippen LogP contribution in [0.15, 0.2) is 29.2 Å². The molecule has 0 atom stereocenters. The summed E-state index contributed by atoms with van der Waals surface area (Å²) in [6, 6.07) is 4.82. The lowest BCUT2D eigenvalue weighted by molar-refractivity contribution is 0.573. The van der Waals surface area contributed by atoms with Crippen molar-refractivity contribution in [1.82, 2.24) is 4.72 Å². The van der Waals surface area contributed by atoms with E-state index in [1.165, 1.54) is 12.1 Å². The number of nitrogens with one attached hydrogen (secondary N) is 1. The summed E-state index contributed by atoms with van der Waals surface area (Å²) in [5.41, 5.74) is 0. The van der Waals surface area contributed by atoms with Crippen LogP contribution in [0.2, 0.25) is 0 Å². The van der Waals surface area contributed by atoms with E-state index in [1.54, 1.807) is 0 Å². The predicted octanol–water partition coefficient (Wildman–Crippen LogP) is 3.06. The average Bonchev–Trinajstić information content (AvgIpc) is 2.34. The Hall–Kier alpha value is -0.460. The van der Waals surface area contributed by atoms with Crippen LogP contribution in [0.4, 0.5) is 4.39 Å². The zero-order chi connectivity index (χ0) is 13.4. The molecule has 0 aromatic heterocycles. The quantitative estimate of drug-likeness (QED) is 0.585. The molecule has 0 aliphatic rings. The molecule has 0 aliphatic carbocycles. The summed E-state index contributed by atoms with van der Waals surface area (Å²) < 4.78 is 38.8. The standard InChI is InChI=1S/C12H17BrFNO2S/c13-9-3-1-2-4-10-15-18(16,17)12-7-5-11(14)6-8-12/h5-8,15H,1-4,9-10H2. The van der Waals surface area contributed by atoms with Crippen LogP contribution < -0.4 is 4.72 Å². The van der Waals surface area contributed by atoms with E-state index in [-0.39, 0.29) is 4.90 Å². The van der Waals surface area contributed by atoms with Gasteiger partial charge in [0.1, 0.15) is 5.82 Å². The number of hydrogen-bond donors (Lipinski definition) is 1. The lowest BCUT2D eigenvalue weighted by Crippen LogP contribution is -2.24. The molecule has 1 aromatic carbocycles.